The van der Waals surface area contributed by atoms with Crippen molar-refractivity contribution in [3.63, 3.8) is 0 Å². The Morgan fingerprint density at radius 1 is 1.19 bits per heavy atom. The molecule has 0 saturated heterocycles. The maximum Gasteiger partial charge on any atom is 0.158 e. The van der Waals surface area contributed by atoms with Crippen LogP contribution >= 0.6 is 23.2 Å². The molecule has 0 aliphatic heterocycles. The minimum atomic E-state index is 0.0863. The van der Waals surface area contributed by atoms with Crippen molar-refractivity contribution in [3.05, 3.63) is 57.4 Å². The van der Waals surface area contributed by atoms with Crippen LogP contribution in [0, 0.1) is 18.3 Å². The van der Waals surface area contributed by atoms with Crippen LogP contribution in [0.3, 0.4) is 0 Å². The minimum absolute atomic E-state index is 0.0863. The average molecular weight is 472 g/mol. The third-order valence-electron chi connectivity index (χ3n) is 5.18. The summed E-state index contributed by atoms with van der Waals surface area (Å²) >= 11 is 12.1. The number of allylic oxidation sites excluding steroid dienone is 1. The zero-order valence-electron chi connectivity index (χ0n) is 19.1. The number of pyridine rings is 2. The highest BCUT2D eigenvalue weighted by atomic mass is 35.5. The second-order valence-corrected chi connectivity index (χ2v) is 9.05. The van der Waals surface area contributed by atoms with Crippen LogP contribution in [0.15, 0.2) is 30.1 Å². The maximum absolute atomic E-state index is 9.43. The first kappa shape index (κ1) is 23.8. The van der Waals surface area contributed by atoms with Crippen LogP contribution in [0.5, 0.6) is 0 Å². The van der Waals surface area contributed by atoms with E-state index in [1.807, 2.05) is 18.7 Å². The first-order chi connectivity index (χ1) is 15.1. The topological polar surface area (TPSA) is 82.7 Å². The number of anilines is 1. The first-order valence-corrected chi connectivity index (χ1v) is 11.2. The Kier molecular flexibility index (Phi) is 7.27. The molecular formula is C23H27Cl2N7. The molecule has 32 heavy (non-hydrogen) atoms. The van der Waals surface area contributed by atoms with E-state index in [0.29, 0.717) is 24.0 Å². The molecule has 0 aliphatic rings. The molecule has 0 fully saturated rings. The molecule has 7 nitrogen and oxygen atoms in total. The van der Waals surface area contributed by atoms with Gasteiger partial charge in [0.05, 0.1) is 30.1 Å². The van der Waals surface area contributed by atoms with Gasteiger partial charge in [-0.3, -0.25) is 4.68 Å². The monoisotopic (exact) mass is 471 g/mol. The predicted molar refractivity (Wildman–Crippen MR) is 130 cm³/mol. The number of aromatic nitrogens is 4. The quantitative estimate of drug-likeness (QED) is 0.346. The fourth-order valence-corrected chi connectivity index (χ4v) is 4.19. The van der Waals surface area contributed by atoms with Gasteiger partial charge < -0.3 is 10.2 Å². The van der Waals surface area contributed by atoms with E-state index < -0.39 is 0 Å². The molecule has 0 amide bonds. The van der Waals surface area contributed by atoms with Gasteiger partial charge in [-0.2, -0.15) is 10.4 Å². The molecular weight excluding hydrogens is 445 g/mol. The van der Waals surface area contributed by atoms with E-state index in [1.165, 1.54) is 11.6 Å². The van der Waals surface area contributed by atoms with Gasteiger partial charge in [-0.05, 0) is 50.5 Å². The van der Waals surface area contributed by atoms with Crippen LogP contribution in [-0.4, -0.2) is 30.7 Å². The van der Waals surface area contributed by atoms with Gasteiger partial charge in [0.1, 0.15) is 16.1 Å². The normalized spacial score (nSPS) is 12.0. The Morgan fingerprint density at radius 2 is 1.84 bits per heavy atom. The third kappa shape index (κ3) is 5.14. The number of hydrogen-bond acceptors (Lipinski definition) is 6. The maximum atomic E-state index is 9.43. The van der Waals surface area contributed by atoms with Gasteiger partial charge in [0.25, 0.3) is 0 Å². The molecule has 0 atom stereocenters. The number of nitrogens with one attached hydrogen (secondary N) is 1. The van der Waals surface area contributed by atoms with Crippen LogP contribution in [0.1, 0.15) is 50.6 Å². The Bertz CT molecular complexity index is 1190. The van der Waals surface area contributed by atoms with Crippen molar-refractivity contribution < 1.29 is 0 Å². The lowest BCUT2D eigenvalue weighted by atomic mass is 9.98. The number of rotatable bonds is 7. The molecule has 0 aliphatic carbocycles. The van der Waals surface area contributed by atoms with Crippen molar-refractivity contribution in [1.29, 1.82) is 5.26 Å². The van der Waals surface area contributed by atoms with E-state index in [4.69, 9.17) is 28.2 Å². The van der Waals surface area contributed by atoms with Gasteiger partial charge in [-0.1, -0.05) is 37.0 Å². The molecule has 168 valence electrons. The largest absolute Gasteiger partial charge is 0.349 e. The molecule has 0 saturated carbocycles. The summed E-state index contributed by atoms with van der Waals surface area (Å²) in [5, 5.41) is 18.9. The highest BCUT2D eigenvalue weighted by Crippen LogP contribution is 2.29. The van der Waals surface area contributed by atoms with Gasteiger partial charge in [-0.25, -0.2) is 9.97 Å². The standard InChI is InChI=1S/C23H27Cl2N7/c1-13(2)18-9-17(28-23-22(18)15(5)30-31(23)6)12-32(14(3)4)21(7-8-26)27-16-10-19(24)29-20(25)11-16/h7,9-11,13-14H,12H2,1-6H3,(H,27,29)/b21-7-. The molecule has 1 N–H and O–H groups in total. The van der Waals surface area contributed by atoms with E-state index in [9.17, 15) is 5.26 Å². The fourth-order valence-electron chi connectivity index (χ4n) is 3.73. The van der Waals surface area contributed by atoms with Gasteiger partial charge >= 0.3 is 0 Å². The highest BCUT2D eigenvalue weighted by Gasteiger charge is 2.20. The summed E-state index contributed by atoms with van der Waals surface area (Å²) in [6, 6.07) is 7.68. The van der Waals surface area contributed by atoms with Gasteiger partial charge in [0.2, 0.25) is 0 Å². The number of halogens is 2. The highest BCUT2D eigenvalue weighted by molar-refractivity contribution is 6.32. The SMILES string of the molecule is Cc1nn(C)c2nc(CN(/C(=C\C#N)Nc3cc(Cl)nc(Cl)c3)C(C)C)cc(C(C)C)c12. The summed E-state index contributed by atoms with van der Waals surface area (Å²) in [6.45, 7) is 11.0. The molecule has 0 unspecified atom stereocenters. The smallest absolute Gasteiger partial charge is 0.158 e. The molecule has 0 radical (unpaired) electrons. The zero-order valence-corrected chi connectivity index (χ0v) is 20.6. The van der Waals surface area contributed by atoms with E-state index in [2.05, 4.69) is 60.1 Å². The summed E-state index contributed by atoms with van der Waals surface area (Å²) in [4.78, 5) is 11.0. The first-order valence-electron chi connectivity index (χ1n) is 10.4. The van der Waals surface area contributed by atoms with Crippen LogP contribution < -0.4 is 5.32 Å². The fraction of sp³-hybridized carbons (Fsp3) is 0.391. The van der Waals surface area contributed by atoms with Gasteiger partial charge in [0.15, 0.2) is 5.65 Å². The Morgan fingerprint density at radius 3 is 2.41 bits per heavy atom. The van der Waals surface area contributed by atoms with Gasteiger partial charge in [0, 0.05) is 24.2 Å². The van der Waals surface area contributed by atoms with Crippen LogP contribution in [-0.2, 0) is 13.6 Å². The minimum Gasteiger partial charge on any atom is -0.349 e. The molecule has 0 spiro atoms. The van der Waals surface area contributed by atoms with Crippen molar-refractivity contribution in [2.75, 3.05) is 5.32 Å². The van der Waals surface area contributed by atoms with Crippen LogP contribution in [0.4, 0.5) is 5.69 Å². The number of fused-ring (bicyclic) bond motifs is 1. The van der Waals surface area contributed by atoms with Crippen molar-refractivity contribution in [1.82, 2.24) is 24.6 Å². The molecule has 3 heterocycles. The Balaban J connectivity index is 2.03. The summed E-state index contributed by atoms with van der Waals surface area (Å²) in [5.74, 6) is 0.943. The number of nitriles is 1. The lowest BCUT2D eigenvalue weighted by molar-refractivity contribution is 0.276. The second-order valence-electron chi connectivity index (χ2n) is 8.27. The van der Waals surface area contributed by atoms with E-state index in [1.54, 1.807) is 12.1 Å². The van der Waals surface area contributed by atoms with Gasteiger partial charge in [-0.15, -0.1) is 0 Å². The van der Waals surface area contributed by atoms with Crippen molar-refractivity contribution in [2.24, 2.45) is 7.05 Å². The molecule has 3 aromatic heterocycles. The number of hydrogen-bond donors (Lipinski definition) is 1. The lowest BCUT2D eigenvalue weighted by Gasteiger charge is -2.31. The summed E-state index contributed by atoms with van der Waals surface area (Å²) < 4.78 is 1.82. The van der Waals surface area contributed by atoms with Crippen molar-refractivity contribution >= 4 is 39.9 Å². The lowest BCUT2D eigenvalue weighted by Crippen LogP contribution is -2.33. The average Bonchev–Trinajstić information content (AvgIpc) is 2.98. The molecule has 0 aromatic carbocycles. The van der Waals surface area contributed by atoms with E-state index in [-0.39, 0.29) is 16.3 Å². The van der Waals surface area contributed by atoms with Crippen molar-refractivity contribution in [3.8, 4) is 6.07 Å². The van der Waals surface area contributed by atoms with E-state index >= 15 is 0 Å². The molecule has 0 bridgehead atoms. The Labute approximate surface area is 198 Å². The summed E-state index contributed by atoms with van der Waals surface area (Å²) in [5.41, 5.74) is 4.60. The van der Waals surface area contributed by atoms with Crippen molar-refractivity contribution in [2.45, 2.75) is 53.1 Å². The van der Waals surface area contributed by atoms with Crippen LogP contribution in [0.2, 0.25) is 10.3 Å². The van der Waals surface area contributed by atoms with E-state index in [0.717, 1.165) is 22.4 Å². The predicted octanol–water partition coefficient (Wildman–Crippen LogP) is 5.79. The molecule has 9 heteroatoms. The second kappa shape index (κ2) is 9.76. The number of aryl methyl sites for hydroxylation is 2. The zero-order chi connectivity index (χ0) is 23.6. The summed E-state index contributed by atoms with van der Waals surface area (Å²) in [7, 11) is 1.91. The summed E-state index contributed by atoms with van der Waals surface area (Å²) in [6.07, 6.45) is 1.47. The number of nitrogens with zero attached hydrogens (tertiary/aromatic N) is 6. The Hall–Kier alpha value is -2.82. The third-order valence-corrected chi connectivity index (χ3v) is 5.56. The van der Waals surface area contributed by atoms with Crippen LogP contribution in [0.25, 0.3) is 11.0 Å². The molecule has 3 aromatic rings. The molecule has 3 rings (SSSR count).